The number of carbonyl (C=O) groups is 2. The largest absolute Gasteiger partial charge is 0.480 e. The van der Waals surface area contributed by atoms with Crippen LogP contribution >= 0.6 is 0 Å². The standard InChI is InChI=1S/C17H22N2O4/c1-17(2,3)23-16(22)19-10-11(9-13(18-4)15(20)21)12-7-5-6-8-14(12)19/h5-8,10,13,18H,9H2,1-4H3,(H,20,21)/t13-/m0/s1. The van der Waals surface area contributed by atoms with Crippen LogP contribution in [0.3, 0.4) is 0 Å². The van der Waals surface area contributed by atoms with Crippen LogP contribution in [0.15, 0.2) is 30.5 Å². The van der Waals surface area contributed by atoms with Gasteiger partial charge in [-0.2, -0.15) is 0 Å². The van der Waals surface area contributed by atoms with Gasteiger partial charge in [0.1, 0.15) is 11.6 Å². The summed E-state index contributed by atoms with van der Waals surface area (Å²) in [4.78, 5) is 23.6. The van der Waals surface area contributed by atoms with Gasteiger partial charge in [0.25, 0.3) is 0 Å². The van der Waals surface area contributed by atoms with Gasteiger partial charge in [-0.25, -0.2) is 4.79 Å². The summed E-state index contributed by atoms with van der Waals surface area (Å²) in [6.07, 6.45) is 1.46. The molecule has 0 amide bonds. The molecule has 0 aliphatic carbocycles. The number of aliphatic carboxylic acids is 1. The fourth-order valence-electron chi connectivity index (χ4n) is 2.41. The van der Waals surface area contributed by atoms with Crippen LogP contribution in [0.2, 0.25) is 0 Å². The Kier molecular flexibility index (Phi) is 4.75. The summed E-state index contributed by atoms with van der Waals surface area (Å²) in [5.74, 6) is -0.929. The summed E-state index contributed by atoms with van der Waals surface area (Å²) in [6.45, 7) is 5.41. The number of nitrogens with zero attached hydrogens (tertiary/aromatic N) is 1. The summed E-state index contributed by atoms with van der Waals surface area (Å²) < 4.78 is 6.85. The number of nitrogens with one attached hydrogen (secondary N) is 1. The maximum Gasteiger partial charge on any atom is 0.419 e. The van der Waals surface area contributed by atoms with Gasteiger partial charge < -0.3 is 15.2 Å². The van der Waals surface area contributed by atoms with Crippen molar-refractivity contribution in [3.05, 3.63) is 36.0 Å². The van der Waals surface area contributed by atoms with Crippen molar-refractivity contribution in [1.82, 2.24) is 9.88 Å². The first-order valence-corrected chi connectivity index (χ1v) is 7.45. The minimum absolute atomic E-state index is 0.280. The monoisotopic (exact) mass is 318 g/mol. The summed E-state index contributed by atoms with van der Waals surface area (Å²) in [6, 6.07) is 6.67. The molecule has 6 nitrogen and oxygen atoms in total. The van der Waals surface area contributed by atoms with E-state index in [1.165, 1.54) is 4.57 Å². The molecule has 0 aliphatic rings. The number of carboxylic acid groups (broad SMARTS) is 1. The van der Waals surface area contributed by atoms with Gasteiger partial charge in [-0.3, -0.25) is 9.36 Å². The first-order valence-electron chi connectivity index (χ1n) is 7.45. The second kappa shape index (κ2) is 6.42. The topological polar surface area (TPSA) is 80.6 Å². The minimum atomic E-state index is -0.929. The Balaban J connectivity index is 2.44. The lowest BCUT2D eigenvalue weighted by molar-refractivity contribution is -0.139. The highest BCUT2D eigenvalue weighted by Gasteiger charge is 2.23. The molecule has 2 N–H and O–H groups in total. The zero-order chi connectivity index (χ0) is 17.2. The van der Waals surface area contributed by atoms with E-state index < -0.39 is 23.7 Å². The summed E-state index contributed by atoms with van der Waals surface area (Å²) in [5.41, 5.74) is 0.891. The molecule has 124 valence electrons. The van der Waals surface area contributed by atoms with Gasteiger partial charge in [0, 0.05) is 18.0 Å². The number of para-hydroxylation sites is 1. The van der Waals surface area contributed by atoms with Gasteiger partial charge in [0.05, 0.1) is 5.52 Å². The average Bonchev–Trinajstić information content (AvgIpc) is 2.81. The van der Waals surface area contributed by atoms with Gasteiger partial charge in [0.15, 0.2) is 0 Å². The zero-order valence-electron chi connectivity index (χ0n) is 13.8. The number of hydrogen-bond acceptors (Lipinski definition) is 4. The van der Waals surface area contributed by atoms with Crippen molar-refractivity contribution in [2.24, 2.45) is 0 Å². The maximum absolute atomic E-state index is 12.4. The second-order valence-electron chi connectivity index (χ2n) is 6.41. The lowest BCUT2D eigenvalue weighted by Crippen LogP contribution is -2.35. The predicted molar refractivity (Wildman–Crippen MR) is 87.8 cm³/mol. The number of aromatic nitrogens is 1. The molecule has 0 unspecified atom stereocenters. The van der Waals surface area contributed by atoms with E-state index in [9.17, 15) is 14.7 Å². The van der Waals surface area contributed by atoms with Crippen LogP contribution in [-0.4, -0.2) is 40.4 Å². The van der Waals surface area contributed by atoms with Crippen molar-refractivity contribution in [2.75, 3.05) is 7.05 Å². The molecule has 0 saturated heterocycles. The molecule has 0 spiro atoms. The highest BCUT2D eigenvalue weighted by molar-refractivity contribution is 5.92. The van der Waals surface area contributed by atoms with Crippen molar-refractivity contribution >= 4 is 23.0 Å². The number of hydrogen-bond donors (Lipinski definition) is 2. The summed E-state index contributed by atoms with van der Waals surface area (Å²) >= 11 is 0. The SMILES string of the molecule is CN[C@@H](Cc1cn(C(=O)OC(C)(C)C)c2ccccc12)C(=O)O. The third-order valence-electron chi connectivity index (χ3n) is 3.46. The zero-order valence-corrected chi connectivity index (χ0v) is 13.8. The van der Waals surface area contributed by atoms with Gasteiger partial charge in [0.2, 0.25) is 0 Å². The van der Waals surface area contributed by atoms with E-state index in [-0.39, 0.29) is 6.42 Å². The van der Waals surface area contributed by atoms with E-state index in [0.29, 0.717) is 5.52 Å². The average molecular weight is 318 g/mol. The molecule has 2 rings (SSSR count). The van der Waals surface area contributed by atoms with Crippen LogP contribution in [0.4, 0.5) is 4.79 Å². The normalized spacial score (nSPS) is 13.0. The van der Waals surface area contributed by atoms with Crippen molar-refractivity contribution in [1.29, 1.82) is 0 Å². The highest BCUT2D eigenvalue weighted by Crippen LogP contribution is 2.24. The molecule has 0 saturated carbocycles. The third-order valence-corrected chi connectivity index (χ3v) is 3.46. The predicted octanol–water partition coefficient (Wildman–Crippen LogP) is 2.64. The molecule has 0 bridgehead atoms. The molecule has 1 aromatic carbocycles. The highest BCUT2D eigenvalue weighted by atomic mass is 16.6. The molecule has 6 heteroatoms. The number of carboxylic acids is 1. The Morgan fingerprint density at radius 2 is 1.96 bits per heavy atom. The number of fused-ring (bicyclic) bond motifs is 1. The van der Waals surface area contributed by atoms with Gasteiger partial charge in [-0.05, 0) is 39.4 Å². The Labute approximate surface area is 135 Å². The molecule has 1 heterocycles. The first kappa shape index (κ1) is 17.0. The van der Waals surface area contributed by atoms with Crippen LogP contribution in [0.25, 0.3) is 10.9 Å². The Morgan fingerprint density at radius 3 is 2.52 bits per heavy atom. The van der Waals surface area contributed by atoms with E-state index in [2.05, 4.69) is 5.32 Å². The second-order valence-corrected chi connectivity index (χ2v) is 6.41. The van der Waals surface area contributed by atoms with Gasteiger partial charge >= 0.3 is 12.1 Å². The van der Waals surface area contributed by atoms with Crippen molar-refractivity contribution in [2.45, 2.75) is 38.8 Å². The van der Waals surface area contributed by atoms with E-state index in [1.807, 2.05) is 24.3 Å². The van der Waals surface area contributed by atoms with Gasteiger partial charge in [-0.15, -0.1) is 0 Å². The lowest BCUT2D eigenvalue weighted by atomic mass is 10.1. The number of ether oxygens (including phenoxy) is 1. The quantitative estimate of drug-likeness (QED) is 0.906. The Hall–Kier alpha value is -2.34. The minimum Gasteiger partial charge on any atom is -0.480 e. The maximum atomic E-state index is 12.4. The van der Waals surface area contributed by atoms with E-state index in [0.717, 1.165) is 10.9 Å². The molecule has 0 fully saturated rings. The Bertz CT molecular complexity index is 728. The Morgan fingerprint density at radius 1 is 1.30 bits per heavy atom. The summed E-state index contributed by atoms with van der Waals surface area (Å²) in [7, 11) is 1.60. The molecule has 0 aliphatic heterocycles. The number of rotatable bonds is 4. The molecule has 1 aromatic heterocycles. The molecule has 0 radical (unpaired) electrons. The van der Waals surface area contributed by atoms with Crippen LogP contribution in [-0.2, 0) is 16.0 Å². The summed E-state index contributed by atoms with van der Waals surface area (Å²) in [5, 5.41) is 12.8. The van der Waals surface area contributed by atoms with E-state index >= 15 is 0 Å². The lowest BCUT2D eigenvalue weighted by Gasteiger charge is -2.19. The third kappa shape index (κ3) is 3.90. The number of benzene rings is 1. The van der Waals surface area contributed by atoms with E-state index in [1.54, 1.807) is 34.0 Å². The smallest absolute Gasteiger partial charge is 0.419 e. The van der Waals surface area contributed by atoms with Gasteiger partial charge in [-0.1, -0.05) is 18.2 Å². The van der Waals surface area contributed by atoms with Crippen LogP contribution < -0.4 is 5.32 Å². The van der Waals surface area contributed by atoms with Crippen molar-refractivity contribution in [3.63, 3.8) is 0 Å². The van der Waals surface area contributed by atoms with Crippen LogP contribution in [0.1, 0.15) is 26.3 Å². The molecule has 1 atom stereocenters. The van der Waals surface area contributed by atoms with Crippen molar-refractivity contribution in [3.8, 4) is 0 Å². The first-order chi connectivity index (χ1) is 10.7. The van der Waals surface area contributed by atoms with Crippen LogP contribution in [0, 0.1) is 0 Å². The number of likely N-dealkylation sites (N-methyl/N-ethyl adjacent to an activating group) is 1. The fourth-order valence-corrected chi connectivity index (χ4v) is 2.41. The molecular weight excluding hydrogens is 296 g/mol. The van der Waals surface area contributed by atoms with Crippen molar-refractivity contribution < 1.29 is 19.4 Å². The van der Waals surface area contributed by atoms with Crippen LogP contribution in [0.5, 0.6) is 0 Å². The number of carbonyl (C=O) groups excluding carboxylic acids is 1. The molecule has 23 heavy (non-hydrogen) atoms. The molecular formula is C17H22N2O4. The fraction of sp³-hybridized carbons (Fsp3) is 0.412. The van der Waals surface area contributed by atoms with E-state index in [4.69, 9.17) is 4.74 Å². The molecule has 2 aromatic rings.